The van der Waals surface area contributed by atoms with Crippen LogP contribution in [-0.4, -0.2) is 19.7 Å². The highest BCUT2D eigenvalue weighted by atomic mass is 32.1. The van der Waals surface area contributed by atoms with Crippen molar-refractivity contribution in [2.24, 2.45) is 10.2 Å². The molecule has 0 spiro atoms. The number of nitro benzene ring substituents is 1. The third-order valence-corrected chi connectivity index (χ3v) is 5.27. The number of azo groups is 1. The average Bonchev–Trinajstić information content (AvgIpc) is 3.33. The molecule has 0 amide bonds. The summed E-state index contributed by atoms with van der Waals surface area (Å²) in [6.07, 6.45) is 0. The number of aromatic nitrogens is 3. The first-order valence-electron chi connectivity index (χ1n) is 8.94. The van der Waals surface area contributed by atoms with Gasteiger partial charge >= 0.3 is 5.56 Å². The van der Waals surface area contributed by atoms with Crippen LogP contribution in [0, 0.1) is 24.0 Å². The van der Waals surface area contributed by atoms with E-state index in [1.165, 1.54) is 22.1 Å². The van der Waals surface area contributed by atoms with Crippen LogP contribution in [0.5, 0.6) is 0 Å². The van der Waals surface area contributed by atoms with Gasteiger partial charge in [0, 0.05) is 22.6 Å². The zero-order chi connectivity index (χ0) is 21.3. The molecule has 2 aromatic carbocycles. The lowest BCUT2D eigenvalue weighted by Crippen LogP contribution is -2.13. The summed E-state index contributed by atoms with van der Waals surface area (Å²) in [4.78, 5) is 28.0. The van der Waals surface area contributed by atoms with Crippen molar-refractivity contribution in [3.63, 3.8) is 0 Å². The van der Waals surface area contributed by atoms with Crippen molar-refractivity contribution in [1.82, 2.24) is 14.8 Å². The van der Waals surface area contributed by atoms with Crippen LogP contribution in [0.25, 0.3) is 16.4 Å². The fourth-order valence-corrected chi connectivity index (χ4v) is 3.65. The van der Waals surface area contributed by atoms with Gasteiger partial charge in [0.15, 0.2) is 5.69 Å². The Kier molecular flexibility index (Phi) is 5.07. The molecule has 30 heavy (non-hydrogen) atoms. The van der Waals surface area contributed by atoms with Crippen LogP contribution in [-0.2, 0) is 0 Å². The largest absolute Gasteiger partial charge is 0.301 e. The standard InChI is InChI=1S/C20H16N6O3S/c1-12-8-9-15(10-17(12)26(28)29)22-23-18-13(2)24-25(19(18)27)20-21-16(11-30-20)14-6-4-3-5-7-14/h3-11,24H,1-2H3. The zero-order valence-corrected chi connectivity index (χ0v) is 16.9. The smallest absolute Gasteiger partial charge is 0.291 e. The number of hydrogen-bond acceptors (Lipinski definition) is 7. The number of benzene rings is 2. The van der Waals surface area contributed by atoms with Gasteiger partial charge in [-0.05, 0) is 19.9 Å². The Morgan fingerprint density at radius 2 is 1.90 bits per heavy atom. The summed E-state index contributed by atoms with van der Waals surface area (Å²) >= 11 is 1.33. The molecule has 9 nitrogen and oxygen atoms in total. The van der Waals surface area contributed by atoms with Crippen molar-refractivity contribution in [3.8, 4) is 16.4 Å². The van der Waals surface area contributed by atoms with Gasteiger partial charge in [-0.1, -0.05) is 36.4 Å². The first-order valence-corrected chi connectivity index (χ1v) is 9.81. The Balaban J connectivity index is 1.66. The Hall–Kier alpha value is -3.92. The van der Waals surface area contributed by atoms with Crippen molar-refractivity contribution < 1.29 is 4.92 Å². The monoisotopic (exact) mass is 420 g/mol. The second kappa shape index (κ2) is 7.84. The van der Waals surface area contributed by atoms with E-state index in [1.807, 2.05) is 35.7 Å². The fraction of sp³-hybridized carbons (Fsp3) is 0.100. The maximum Gasteiger partial charge on any atom is 0.301 e. The molecule has 0 aliphatic rings. The maximum absolute atomic E-state index is 12.8. The molecule has 4 rings (SSSR count). The van der Waals surface area contributed by atoms with Crippen LogP contribution in [0.1, 0.15) is 11.3 Å². The molecule has 0 fully saturated rings. The molecule has 10 heteroatoms. The molecule has 1 N–H and O–H groups in total. The molecule has 4 aromatic rings. The molecule has 0 saturated heterocycles. The lowest BCUT2D eigenvalue weighted by Gasteiger charge is -1.97. The summed E-state index contributed by atoms with van der Waals surface area (Å²) in [6.45, 7) is 3.35. The Labute approximate surface area is 174 Å². The number of aromatic amines is 1. The van der Waals surface area contributed by atoms with Crippen molar-refractivity contribution in [2.45, 2.75) is 13.8 Å². The minimum Gasteiger partial charge on any atom is -0.291 e. The van der Waals surface area contributed by atoms with E-state index >= 15 is 0 Å². The summed E-state index contributed by atoms with van der Waals surface area (Å²) in [7, 11) is 0. The summed E-state index contributed by atoms with van der Waals surface area (Å²) < 4.78 is 1.32. The summed E-state index contributed by atoms with van der Waals surface area (Å²) in [5.41, 5.74) is 2.73. The molecular weight excluding hydrogens is 404 g/mol. The molecule has 0 saturated carbocycles. The van der Waals surface area contributed by atoms with E-state index < -0.39 is 10.5 Å². The topological polar surface area (TPSA) is 119 Å². The highest BCUT2D eigenvalue weighted by molar-refractivity contribution is 7.12. The molecule has 2 heterocycles. The normalized spacial score (nSPS) is 11.3. The Bertz CT molecular complexity index is 1320. The van der Waals surface area contributed by atoms with E-state index in [0.717, 1.165) is 11.3 Å². The van der Waals surface area contributed by atoms with Gasteiger partial charge in [-0.25, -0.2) is 4.98 Å². The average molecular weight is 420 g/mol. The number of hydrogen-bond donors (Lipinski definition) is 1. The predicted molar refractivity (Wildman–Crippen MR) is 114 cm³/mol. The van der Waals surface area contributed by atoms with Crippen LogP contribution in [0.4, 0.5) is 17.1 Å². The van der Waals surface area contributed by atoms with Crippen LogP contribution < -0.4 is 5.56 Å². The van der Waals surface area contributed by atoms with Crippen LogP contribution in [0.15, 0.2) is 68.9 Å². The molecule has 0 atom stereocenters. The summed E-state index contributed by atoms with van der Waals surface area (Å²) in [5, 5.41) is 24.4. The van der Waals surface area contributed by atoms with Gasteiger partial charge in [0.25, 0.3) is 5.69 Å². The van der Waals surface area contributed by atoms with Gasteiger partial charge in [-0.15, -0.1) is 16.5 Å². The molecular formula is C20H16N6O3S. The Morgan fingerprint density at radius 1 is 1.13 bits per heavy atom. The van der Waals surface area contributed by atoms with Gasteiger partial charge < -0.3 is 0 Å². The van der Waals surface area contributed by atoms with E-state index in [4.69, 9.17) is 0 Å². The van der Waals surface area contributed by atoms with Crippen LogP contribution >= 0.6 is 11.3 Å². The van der Waals surface area contributed by atoms with E-state index in [9.17, 15) is 14.9 Å². The van der Waals surface area contributed by atoms with Crippen molar-refractivity contribution >= 4 is 28.4 Å². The summed E-state index contributed by atoms with van der Waals surface area (Å²) in [5.74, 6) is 0. The fourth-order valence-electron chi connectivity index (χ4n) is 2.86. The minimum absolute atomic E-state index is 0.0501. The van der Waals surface area contributed by atoms with E-state index in [-0.39, 0.29) is 11.4 Å². The number of H-pyrrole nitrogens is 1. The number of nitrogens with one attached hydrogen (secondary N) is 1. The minimum atomic E-state index is -0.477. The summed E-state index contributed by atoms with van der Waals surface area (Å²) in [6, 6.07) is 14.2. The third-order valence-electron chi connectivity index (χ3n) is 4.45. The van der Waals surface area contributed by atoms with Crippen molar-refractivity contribution in [1.29, 1.82) is 0 Å². The second-order valence-corrected chi connectivity index (χ2v) is 7.37. The van der Waals surface area contributed by atoms with Gasteiger partial charge in [0.2, 0.25) is 5.13 Å². The molecule has 2 aromatic heterocycles. The number of rotatable bonds is 5. The van der Waals surface area contributed by atoms with Crippen LogP contribution in [0.3, 0.4) is 0 Å². The second-order valence-electron chi connectivity index (χ2n) is 6.54. The predicted octanol–water partition coefficient (Wildman–Crippen LogP) is 5.23. The van der Waals surface area contributed by atoms with E-state index in [2.05, 4.69) is 20.3 Å². The highest BCUT2D eigenvalue weighted by Gasteiger charge is 2.16. The van der Waals surface area contributed by atoms with Gasteiger partial charge in [-0.3, -0.25) is 20.0 Å². The first kappa shape index (κ1) is 19.4. The molecule has 0 aliphatic carbocycles. The molecule has 0 bridgehead atoms. The van der Waals surface area contributed by atoms with Crippen molar-refractivity contribution in [2.75, 3.05) is 0 Å². The molecule has 0 aliphatic heterocycles. The van der Waals surface area contributed by atoms with Crippen molar-refractivity contribution in [3.05, 3.63) is 85.6 Å². The quantitative estimate of drug-likeness (QED) is 0.270. The highest BCUT2D eigenvalue weighted by Crippen LogP contribution is 2.27. The van der Waals surface area contributed by atoms with E-state index in [0.29, 0.717) is 22.1 Å². The van der Waals surface area contributed by atoms with Gasteiger partial charge in [-0.2, -0.15) is 9.80 Å². The Morgan fingerprint density at radius 3 is 2.63 bits per heavy atom. The third kappa shape index (κ3) is 3.67. The number of aryl methyl sites for hydroxylation is 2. The van der Waals surface area contributed by atoms with Gasteiger partial charge in [0.05, 0.1) is 22.0 Å². The lowest BCUT2D eigenvalue weighted by molar-refractivity contribution is -0.385. The maximum atomic E-state index is 12.8. The number of nitro groups is 1. The first-order chi connectivity index (χ1) is 14.4. The number of nitrogens with zero attached hydrogens (tertiary/aromatic N) is 5. The van der Waals surface area contributed by atoms with E-state index in [1.54, 1.807) is 26.0 Å². The SMILES string of the molecule is Cc1ccc(N=Nc2c(C)[nH]n(-c3nc(-c4ccccc4)cs3)c2=O)cc1[N+](=O)[O-]. The molecule has 150 valence electrons. The molecule has 0 unspecified atom stereocenters. The van der Waals surface area contributed by atoms with Crippen LogP contribution in [0.2, 0.25) is 0 Å². The van der Waals surface area contributed by atoms with Gasteiger partial charge in [0.1, 0.15) is 0 Å². The lowest BCUT2D eigenvalue weighted by atomic mass is 10.2. The zero-order valence-electron chi connectivity index (χ0n) is 16.1. The molecule has 0 radical (unpaired) electrons. The number of thiazole rings is 1.